The Balaban J connectivity index is 3.82. The summed E-state index contributed by atoms with van der Waals surface area (Å²) >= 11 is 0. The van der Waals surface area contributed by atoms with E-state index in [9.17, 15) is 14.4 Å². The number of aryl methyl sites for hydroxylation is 1. The summed E-state index contributed by atoms with van der Waals surface area (Å²) in [7, 11) is 2.83. The lowest BCUT2D eigenvalue weighted by molar-refractivity contribution is 0.0429. The number of hydrogen-bond acceptors (Lipinski definition) is 8. The molecule has 0 aromatic carbocycles. The molecular formula is C22H31NO8. The van der Waals surface area contributed by atoms with Crippen molar-refractivity contribution in [1.29, 1.82) is 0 Å². The molecule has 0 aliphatic rings. The zero-order valence-electron chi connectivity index (χ0n) is 19.5. The van der Waals surface area contributed by atoms with Crippen LogP contribution in [0, 0.1) is 6.92 Å². The largest absolute Gasteiger partial charge is 0.493 e. The van der Waals surface area contributed by atoms with E-state index in [1.54, 1.807) is 53.7 Å². The number of amides is 2. The maximum absolute atomic E-state index is 12.9. The maximum Gasteiger partial charge on any atom is 0.424 e. The van der Waals surface area contributed by atoms with E-state index >= 15 is 0 Å². The molecule has 0 atom stereocenters. The standard InChI is InChI=1S/C22H31NO8/c1-14-17(28-9)16(27-8)13-11-10-12-15(18(24)29-14)23(19(25)30-21(2,3)4)20(26)31-22(5,6)7/h10-13H,1-9H3. The Hall–Kier alpha value is -3.23. The summed E-state index contributed by atoms with van der Waals surface area (Å²) in [5.74, 6) is 0.551. The molecule has 0 aliphatic heterocycles. The molecule has 172 valence electrons. The topological polar surface area (TPSA) is 105 Å². The lowest BCUT2D eigenvalue weighted by Gasteiger charge is -2.27. The van der Waals surface area contributed by atoms with Crippen molar-refractivity contribution in [3.63, 3.8) is 0 Å². The van der Waals surface area contributed by atoms with Gasteiger partial charge in [-0.3, -0.25) is 0 Å². The Bertz CT molecular complexity index is 892. The predicted molar refractivity (Wildman–Crippen MR) is 115 cm³/mol. The molecule has 0 saturated carbocycles. The van der Waals surface area contributed by atoms with Gasteiger partial charge in [0.2, 0.25) is 0 Å². The summed E-state index contributed by atoms with van der Waals surface area (Å²) in [5, 5.41) is 0. The first-order chi connectivity index (χ1) is 14.2. The van der Waals surface area contributed by atoms with Crippen LogP contribution < -0.4 is 20.0 Å². The number of carbonyl (C=O) groups excluding carboxylic acids is 2. The van der Waals surface area contributed by atoms with Gasteiger partial charge in [-0.05, 0) is 60.6 Å². The first kappa shape index (κ1) is 25.8. The van der Waals surface area contributed by atoms with Crippen molar-refractivity contribution < 1.29 is 33.0 Å². The van der Waals surface area contributed by atoms with Crippen LogP contribution in [0.15, 0.2) is 33.5 Å². The molecule has 9 nitrogen and oxygen atoms in total. The average Bonchev–Trinajstić information content (AvgIpc) is 2.59. The first-order valence-electron chi connectivity index (χ1n) is 9.56. The molecule has 0 radical (unpaired) electrons. The van der Waals surface area contributed by atoms with Crippen molar-refractivity contribution in [2.75, 3.05) is 19.1 Å². The Labute approximate surface area is 182 Å². The number of hydrogen-bond donors (Lipinski definition) is 0. The molecule has 1 rings (SSSR count). The van der Waals surface area contributed by atoms with E-state index < -0.39 is 34.7 Å². The number of nitrogens with zero attached hydrogens (tertiary/aromatic N) is 1. The van der Waals surface area contributed by atoms with Crippen LogP contribution in [0.3, 0.4) is 0 Å². The van der Waals surface area contributed by atoms with Gasteiger partial charge in [-0.1, -0.05) is 12.1 Å². The summed E-state index contributed by atoms with van der Waals surface area (Å²) in [6.07, 6.45) is -2.17. The molecule has 0 N–H and O–H groups in total. The van der Waals surface area contributed by atoms with Crippen LogP contribution in [-0.4, -0.2) is 37.6 Å². The van der Waals surface area contributed by atoms with E-state index in [0.717, 1.165) is 0 Å². The minimum absolute atomic E-state index is 0.0649. The van der Waals surface area contributed by atoms with Crippen molar-refractivity contribution in [1.82, 2.24) is 0 Å². The van der Waals surface area contributed by atoms with E-state index in [2.05, 4.69) is 0 Å². The summed E-state index contributed by atoms with van der Waals surface area (Å²) in [5.41, 5.74) is -3.25. The third-order valence-corrected chi connectivity index (χ3v) is 3.43. The second-order valence-electron chi connectivity index (χ2n) is 8.45. The molecular weight excluding hydrogens is 406 g/mol. The minimum Gasteiger partial charge on any atom is -0.493 e. The first-order valence-corrected chi connectivity index (χ1v) is 9.56. The van der Waals surface area contributed by atoms with Gasteiger partial charge in [-0.15, -0.1) is 0 Å². The smallest absolute Gasteiger partial charge is 0.424 e. The molecule has 9 heteroatoms. The lowest BCUT2D eigenvalue weighted by atomic mass is 10.2. The van der Waals surface area contributed by atoms with Gasteiger partial charge < -0.3 is 23.4 Å². The summed E-state index contributed by atoms with van der Waals surface area (Å²) < 4.78 is 26.5. The van der Waals surface area contributed by atoms with Crippen molar-refractivity contribution in [2.45, 2.75) is 59.7 Å². The summed E-state index contributed by atoms with van der Waals surface area (Å²) in [6, 6.07) is 5.79. The highest BCUT2D eigenvalue weighted by Gasteiger charge is 2.34. The lowest BCUT2D eigenvalue weighted by Crippen LogP contribution is -2.45. The van der Waals surface area contributed by atoms with Crippen molar-refractivity contribution in [3.05, 3.63) is 40.4 Å². The normalized spacial score (nSPS) is 11.1. The fourth-order valence-electron chi connectivity index (χ4n) is 2.30. The van der Waals surface area contributed by atoms with Crippen LogP contribution in [0.25, 0.3) is 0 Å². The molecule has 31 heavy (non-hydrogen) atoms. The van der Waals surface area contributed by atoms with E-state index in [1.165, 1.54) is 33.3 Å². The number of methoxy groups -OCH3 is 2. The van der Waals surface area contributed by atoms with Gasteiger partial charge >= 0.3 is 17.8 Å². The van der Waals surface area contributed by atoms with E-state index in [-0.39, 0.29) is 11.5 Å². The van der Waals surface area contributed by atoms with Crippen LogP contribution in [0.5, 0.6) is 11.5 Å². The Morgan fingerprint density at radius 3 is 1.77 bits per heavy atom. The Kier molecular flexibility index (Phi) is 8.48. The maximum atomic E-state index is 12.9. The molecule has 0 bridgehead atoms. The molecule has 2 amide bonds. The van der Waals surface area contributed by atoms with Gasteiger partial charge in [-0.25, -0.2) is 14.4 Å². The van der Waals surface area contributed by atoms with E-state index in [0.29, 0.717) is 10.6 Å². The molecule has 0 unspecified atom stereocenters. The third-order valence-electron chi connectivity index (χ3n) is 3.43. The average molecular weight is 437 g/mol. The second-order valence-corrected chi connectivity index (χ2v) is 8.45. The Morgan fingerprint density at radius 1 is 0.871 bits per heavy atom. The highest BCUT2D eigenvalue weighted by atomic mass is 16.6. The van der Waals surface area contributed by atoms with Gasteiger partial charge in [0.25, 0.3) is 0 Å². The van der Waals surface area contributed by atoms with Crippen LogP contribution in [0.2, 0.25) is 0 Å². The van der Waals surface area contributed by atoms with Crippen LogP contribution in [0.1, 0.15) is 47.3 Å². The molecule has 1 aromatic heterocycles. The van der Waals surface area contributed by atoms with Gasteiger partial charge in [0.05, 0.1) is 14.2 Å². The molecule has 0 aliphatic carbocycles. The van der Waals surface area contributed by atoms with Crippen molar-refractivity contribution >= 4 is 17.9 Å². The molecule has 1 aromatic rings. The fourth-order valence-corrected chi connectivity index (χ4v) is 2.30. The zero-order chi connectivity index (χ0) is 24.0. The highest BCUT2D eigenvalue weighted by Crippen LogP contribution is 2.27. The number of imide groups is 1. The highest BCUT2D eigenvalue weighted by molar-refractivity contribution is 6.09. The fraction of sp³-hybridized carbons (Fsp3) is 0.500. The van der Waals surface area contributed by atoms with Gasteiger partial charge in [0.1, 0.15) is 16.9 Å². The predicted octanol–water partition coefficient (Wildman–Crippen LogP) is 4.77. The number of carbonyl (C=O) groups is 2. The van der Waals surface area contributed by atoms with Crippen LogP contribution in [-0.2, 0) is 9.47 Å². The number of ether oxygens (including phenoxy) is 4. The van der Waals surface area contributed by atoms with Crippen LogP contribution in [0.4, 0.5) is 15.3 Å². The SMILES string of the molecule is COc1ccccc(N(C(=O)OC(C)(C)C)C(=O)OC(C)(C)C)c(=O)oc(C)c1OC. The van der Waals surface area contributed by atoms with E-state index in [1.807, 2.05) is 0 Å². The van der Waals surface area contributed by atoms with Gasteiger partial charge in [0, 0.05) is 0 Å². The van der Waals surface area contributed by atoms with Gasteiger partial charge in [0.15, 0.2) is 17.3 Å². The number of anilines is 1. The summed E-state index contributed by atoms with van der Waals surface area (Å²) in [6.45, 7) is 11.3. The van der Waals surface area contributed by atoms with Crippen molar-refractivity contribution in [3.8, 4) is 11.5 Å². The summed E-state index contributed by atoms with van der Waals surface area (Å²) in [4.78, 5) is 39.1. The minimum atomic E-state index is -1.09. The third kappa shape index (κ3) is 7.84. The zero-order valence-corrected chi connectivity index (χ0v) is 19.5. The Morgan fingerprint density at radius 2 is 1.35 bits per heavy atom. The molecule has 0 fully saturated rings. The molecule has 1 heterocycles. The number of rotatable bonds is 3. The molecule has 0 spiro atoms. The van der Waals surface area contributed by atoms with Crippen LogP contribution >= 0.6 is 0 Å². The van der Waals surface area contributed by atoms with Gasteiger partial charge in [-0.2, -0.15) is 4.90 Å². The van der Waals surface area contributed by atoms with Crippen molar-refractivity contribution in [2.24, 2.45) is 0 Å². The second kappa shape index (κ2) is 10.2. The monoisotopic (exact) mass is 437 g/mol. The van der Waals surface area contributed by atoms with E-state index in [4.69, 9.17) is 23.4 Å². The molecule has 0 saturated heterocycles. The quantitative estimate of drug-likeness (QED) is 0.666.